The molecule has 4 nitrogen and oxygen atoms in total. The Labute approximate surface area is 165 Å². The maximum absolute atomic E-state index is 5.88. The fourth-order valence-electron chi connectivity index (χ4n) is 2.57. The quantitative estimate of drug-likeness (QED) is 0.502. The van der Waals surface area contributed by atoms with Gasteiger partial charge < -0.3 is 9.47 Å². The van der Waals surface area contributed by atoms with Crippen LogP contribution in [0.25, 0.3) is 0 Å². The number of aromatic nitrogens is 2. The van der Waals surface area contributed by atoms with Crippen LogP contribution in [0.3, 0.4) is 0 Å². The van der Waals surface area contributed by atoms with E-state index in [1.54, 1.807) is 0 Å². The van der Waals surface area contributed by atoms with Crippen molar-refractivity contribution in [2.45, 2.75) is 52.4 Å². The van der Waals surface area contributed by atoms with Gasteiger partial charge in [-0.05, 0) is 46.2 Å². The van der Waals surface area contributed by atoms with Crippen LogP contribution in [0.4, 0.5) is 0 Å². The third kappa shape index (κ3) is 4.86. The first kappa shape index (κ1) is 19.4. The lowest BCUT2D eigenvalue weighted by Gasteiger charge is -2.19. The van der Waals surface area contributed by atoms with E-state index in [1.165, 1.54) is 11.1 Å². The van der Waals surface area contributed by atoms with Crippen LogP contribution in [0.15, 0.2) is 48.5 Å². The highest BCUT2D eigenvalue weighted by Crippen LogP contribution is 2.34. The molecule has 2 aromatic carbocycles. The first-order chi connectivity index (χ1) is 12.6. The molecule has 0 atom stereocenters. The van der Waals surface area contributed by atoms with Gasteiger partial charge in [0.25, 0.3) is 11.8 Å². The monoisotopic (exact) mass is 382 g/mol. The molecule has 0 N–H and O–H groups in total. The molecule has 0 saturated carbocycles. The van der Waals surface area contributed by atoms with Crippen molar-refractivity contribution in [3.05, 3.63) is 59.7 Å². The Morgan fingerprint density at radius 2 is 0.926 bits per heavy atom. The van der Waals surface area contributed by atoms with Crippen LogP contribution in [-0.2, 0) is 10.8 Å². The molecule has 0 bridgehead atoms. The fourth-order valence-corrected chi connectivity index (χ4v) is 2.99. The standard InChI is InChI=1S/C22H26N2O2S/c1-21(2,3)15-7-11-17(12-8-15)25-19-20(24-27-23-19)26-18-13-9-16(10-14-18)22(4,5)6/h7-14H,1-6H3. The Bertz CT molecular complexity index is 812. The van der Waals surface area contributed by atoms with Gasteiger partial charge in [-0.2, -0.15) is 0 Å². The van der Waals surface area contributed by atoms with E-state index in [0.29, 0.717) is 23.3 Å². The van der Waals surface area contributed by atoms with Crippen LogP contribution in [0.2, 0.25) is 0 Å². The van der Waals surface area contributed by atoms with Crippen LogP contribution in [0.5, 0.6) is 23.3 Å². The average molecular weight is 383 g/mol. The largest absolute Gasteiger partial charge is 0.434 e. The molecule has 0 aliphatic heterocycles. The Morgan fingerprint density at radius 1 is 0.593 bits per heavy atom. The fraction of sp³-hybridized carbons (Fsp3) is 0.364. The Hall–Kier alpha value is -2.40. The maximum Gasteiger partial charge on any atom is 0.297 e. The molecule has 1 heterocycles. The maximum atomic E-state index is 5.88. The molecule has 0 aliphatic rings. The molecular weight excluding hydrogens is 356 g/mol. The van der Waals surface area contributed by atoms with E-state index in [0.717, 1.165) is 11.7 Å². The molecule has 0 saturated heterocycles. The molecule has 1 aromatic heterocycles. The van der Waals surface area contributed by atoms with Gasteiger partial charge >= 0.3 is 0 Å². The van der Waals surface area contributed by atoms with Gasteiger partial charge in [-0.1, -0.05) is 65.8 Å². The predicted molar refractivity (Wildman–Crippen MR) is 110 cm³/mol. The second-order valence-electron chi connectivity index (χ2n) is 8.63. The highest BCUT2D eigenvalue weighted by atomic mass is 32.1. The van der Waals surface area contributed by atoms with Crippen molar-refractivity contribution in [1.82, 2.24) is 8.75 Å². The minimum absolute atomic E-state index is 0.105. The molecule has 0 amide bonds. The van der Waals surface area contributed by atoms with Crippen molar-refractivity contribution in [1.29, 1.82) is 0 Å². The van der Waals surface area contributed by atoms with Crippen LogP contribution in [-0.4, -0.2) is 8.75 Å². The van der Waals surface area contributed by atoms with E-state index in [9.17, 15) is 0 Å². The second kappa shape index (κ2) is 7.31. The summed E-state index contributed by atoms with van der Waals surface area (Å²) < 4.78 is 20.2. The van der Waals surface area contributed by atoms with Gasteiger partial charge in [-0.25, -0.2) is 0 Å². The van der Waals surface area contributed by atoms with E-state index in [1.807, 2.05) is 24.3 Å². The Kier molecular flexibility index (Phi) is 5.24. The van der Waals surface area contributed by atoms with Crippen molar-refractivity contribution in [3.8, 4) is 23.3 Å². The minimum Gasteiger partial charge on any atom is -0.434 e. The van der Waals surface area contributed by atoms with Gasteiger partial charge in [-0.15, -0.1) is 8.75 Å². The molecule has 0 spiro atoms. The van der Waals surface area contributed by atoms with Crippen LogP contribution in [0.1, 0.15) is 52.7 Å². The molecule has 0 unspecified atom stereocenters. The van der Waals surface area contributed by atoms with Crippen molar-refractivity contribution >= 4 is 11.7 Å². The molecule has 0 radical (unpaired) electrons. The van der Waals surface area contributed by atoms with Gasteiger partial charge in [0, 0.05) is 0 Å². The minimum atomic E-state index is 0.105. The zero-order valence-corrected chi connectivity index (χ0v) is 17.6. The van der Waals surface area contributed by atoms with E-state index in [4.69, 9.17) is 9.47 Å². The van der Waals surface area contributed by atoms with E-state index in [-0.39, 0.29) is 10.8 Å². The van der Waals surface area contributed by atoms with E-state index in [2.05, 4.69) is 74.6 Å². The lowest BCUT2D eigenvalue weighted by atomic mass is 9.87. The summed E-state index contributed by atoms with van der Waals surface area (Å²) in [6, 6.07) is 16.1. The highest BCUT2D eigenvalue weighted by molar-refractivity contribution is 6.99. The van der Waals surface area contributed by atoms with Crippen molar-refractivity contribution in [2.75, 3.05) is 0 Å². The van der Waals surface area contributed by atoms with E-state index >= 15 is 0 Å². The highest BCUT2D eigenvalue weighted by Gasteiger charge is 2.17. The van der Waals surface area contributed by atoms with Gasteiger partial charge in [0.15, 0.2) is 0 Å². The smallest absolute Gasteiger partial charge is 0.297 e. The third-order valence-corrected chi connectivity index (χ3v) is 4.80. The average Bonchev–Trinajstić information content (AvgIpc) is 3.01. The molecule has 0 aliphatic carbocycles. The third-order valence-electron chi connectivity index (χ3n) is 4.30. The molecule has 3 rings (SSSR count). The summed E-state index contributed by atoms with van der Waals surface area (Å²) in [6.07, 6.45) is 0. The van der Waals surface area contributed by atoms with Crippen molar-refractivity contribution in [3.63, 3.8) is 0 Å². The predicted octanol–water partition coefficient (Wildman–Crippen LogP) is 6.72. The second-order valence-corrected chi connectivity index (χ2v) is 9.16. The van der Waals surface area contributed by atoms with Crippen LogP contribution < -0.4 is 9.47 Å². The summed E-state index contributed by atoms with van der Waals surface area (Å²) in [6.45, 7) is 13.1. The number of nitrogens with zero attached hydrogens (tertiary/aromatic N) is 2. The molecule has 27 heavy (non-hydrogen) atoms. The lowest BCUT2D eigenvalue weighted by Crippen LogP contribution is -2.10. The number of hydrogen-bond acceptors (Lipinski definition) is 5. The van der Waals surface area contributed by atoms with Gasteiger partial charge in [0.2, 0.25) is 0 Å². The van der Waals surface area contributed by atoms with Crippen molar-refractivity contribution < 1.29 is 9.47 Å². The molecule has 0 fully saturated rings. The SMILES string of the molecule is CC(C)(C)c1ccc(Oc2nsnc2Oc2ccc(C(C)(C)C)cc2)cc1. The Balaban J connectivity index is 1.73. The molecule has 142 valence electrons. The Morgan fingerprint density at radius 3 is 1.22 bits per heavy atom. The number of ether oxygens (including phenoxy) is 2. The molecule has 5 heteroatoms. The first-order valence-corrected chi connectivity index (χ1v) is 9.75. The topological polar surface area (TPSA) is 44.2 Å². The van der Waals surface area contributed by atoms with Gasteiger partial charge in [-0.3, -0.25) is 0 Å². The molecular formula is C22H26N2O2S. The number of rotatable bonds is 4. The molecule has 3 aromatic rings. The summed E-state index contributed by atoms with van der Waals surface area (Å²) in [4.78, 5) is 0. The summed E-state index contributed by atoms with van der Waals surface area (Å²) in [5, 5.41) is 0. The van der Waals surface area contributed by atoms with E-state index < -0.39 is 0 Å². The van der Waals surface area contributed by atoms with Gasteiger partial charge in [0.05, 0.1) is 11.7 Å². The zero-order valence-electron chi connectivity index (χ0n) is 16.7. The van der Waals surface area contributed by atoms with Crippen LogP contribution >= 0.6 is 11.7 Å². The first-order valence-electron chi connectivity index (χ1n) is 9.02. The summed E-state index contributed by atoms with van der Waals surface area (Å²) in [7, 11) is 0. The summed E-state index contributed by atoms with van der Waals surface area (Å²) in [5.41, 5.74) is 2.71. The lowest BCUT2D eigenvalue weighted by molar-refractivity contribution is 0.402. The normalized spacial score (nSPS) is 12.1. The number of benzene rings is 2. The number of hydrogen-bond donors (Lipinski definition) is 0. The summed E-state index contributed by atoms with van der Waals surface area (Å²) in [5.74, 6) is 2.18. The zero-order chi connectivity index (χ0) is 19.7. The summed E-state index contributed by atoms with van der Waals surface area (Å²) >= 11 is 1.07. The van der Waals surface area contributed by atoms with Crippen LogP contribution in [0, 0.1) is 0 Å². The van der Waals surface area contributed by atoms with Crippen molar-refractivity contribution in [2.24, 2.45) is 0 Å². The van der Waals surface area contributed by atoms with Gasteiger partial charge in [0.1, 0.15) is 11.5 Å².